The predicted molar refractivity (Wildman–Crippen MR) is 113 cm³/mol. The Hall–Kier alpha value is -2.93. The summed E-state index contributed by atoms with van der Waals surface area (Å²) in [6.45, 7) is 4.67. The van der Waals surface area contributed by atoms with Crippen LogP contribution in [0.5, 0.6) is 0 Å². The molecule has 0 saturated carbocycles. The van der Waals surface area contributed by atoms with Gasteiger partial charge in [0.1, 0.15) is 12.2 Å². The number of carbonyl (C=O) groups is 2. The van der Waals surface area contributed by atoms with E-state index in [1.54, 1.807) is 23.0 Å². The van der Waals surface area contributed by atoms with E-state index in [4.69, 9.17) is 17.3 Å². The first-order chi connectivity index (χ1) is 13.9. The quantitative estimate of drug-likeness (QED) is 0.592. The molecule has 3 N–H and O–H groups in total. The number of nitrogens with one attached hydrogen (secondary N) is 1. The third-order valence-corrected chi connectivity index (χ3v) is 5.01. The Bertz CT molecular complexity index is 1020. The van der Waals surface area contributed by atoms with Crippen molar-refractivity contribution in [2.75, 3.05) is 6.54 Å². The highest BCUT2D eigenvalue weighted by atomic mass is 35.5. The first kappa shape index (κ1) is 20.8. The van der Waals surface area contributed by atoms with Gasteiger partial charge in [-0.05, 0) is 30.0 Å². The van der Waals surface area contributed by atoms with Crippen LogP contribution in [0.4, 0.5) is 0 Å². The molecule has 8 heteroatoms. The Morgan fingerprint density at radius 2 is 2.07 bits per heavy atom. The molecule has 0 saturated heterocycles. The molecule has 152 valence electrons. The molecule has 29 heavy (non-hydrogen) atoms. The molecular formula is C21H24ClN5O2. The summed E-state index contributed by atoms with van der Waals surface area (Å²) in [5.41, 5.74) is 7.22. The summed E-state index contributed by atoms with van der Waals surface area (Å²) >= 11 is 6.33. The van der Waals surface area contributed by atoms with E-state index < -0.39 is 5.91 Å². The number of hydrogen-bond acceptors (Lipinski definition) is 4. The average Bonchev–Trinajstić information content (AvgIpc) is 3.04. The molecule has 2 amide bonds. The lowest BCUT2D eigenvalue weighted by atomic mass is 9.91. The third kappa shape index (κ3) is 4.92. The largest absolute Gasteiger partial charge is 0.368 e. The van der Waals surface area contributed by atoms with E-state index in [1.807, 2.05) is 18.3 Å². The van der Waals surface area contributed by atoms with Crippen LogP contribution in [0.25, 0.3) is 11.0 Å². The topological polar surface area (TPSA) is 103 Å². The summed E-state index contributed by atoms with van der Waals surface area (Å²) in [6, 6.07) is 5.53. The molecule has 0 aromatic carbocycles. The van der Waals surface area contributed by atoms with Crippen molar-refractivity contribution in [3.63, 3.8) is 0 Å². The maximum absolute atomic E-state index is 13.0. The van der Waals surface area contributed by atoms with E-state index in [0.29, 0.717) is 34.1 Å². The van der Waals surface area contributed by atoms with Gasteiger partial charge in [-0.2, -0.15) is 0 Å². The number of nitrogens with zero attached hydrogens (tertiary/aromatic N) is 3. The lowest BCUT2D eigenvalue weighted by molar-refractivity contribution is -0.118. The van der Waals surface area contributed by atoms with Crippen LogP contribution >= 0.6 is 11.6 Å². The summed E-state index contributed by atoms with van der Waals surface area (Å²) in [4.78, 5) is 32.8. The van der Waals surface area contributed by atoms with Gasteiger partial charge < -0.3 is 15.6 Å². The van der Waals surface area contributed by atoms with Crippen molar-refractivity contribution in [1.82, 2.24) is 19.9 Å². The molecule has 3 aromatic heterocycles. The molecule has 0 fully saturated rings. The SMILES string of the molecule is CC(C)CC(CNC(=O)c1cn(CC(N)=O)c2nccc(Cl)c12)c1cccnc1. The number of amides is 2. The van der Waals surface area contributed by atoms with Gasteiger partial charge in [-0.15, -0.1) is 0 Å². The molecule has 0 spiro atoms. The number of hydrogen-bond donors (Lipinski definition) is 2. The van der Waals surface area contributed by atoms with Crippen LogP contribution in [0.1, 0.15) is 42.1 Å². The van der Waals surface area contributed by atoms with Crippen LogP contribution < -0.4 is 11.1 Å². The van der Waals surface area contributed by atoms with Gasteiger partial charge in [0.25, 0.3) is 5.91 Å². The summed E-state index contributed by atoms with van der Waals surface area (Å²) in [6.07, 6.45) is 7.59. The number of nitrogens with two attached hydrogens (primary N) is 1. The first-order valence-electron chi connectivity index (χ1n) is 9.46. The summed E-state index contributed by atoms with van der Waals surface area (Å²) in [7, 11) is 0. The van der Waals surface area contributed by atoms with Gasteiger partial charge in [-0.25, -0.2) is 4.98 Å². The van der Waals surface area contributed by atoms with E-state index in [2.05, 4.69) is 29.1 Å². The molecule has 7 nitrogen and oxygen atoms in total. The number of pyridine rings is 2. The molecule has 0 aliphatic heterocycles. The molecule has 3 heterocycles. The van der Waals surface area contributed by atoms with Crippen LogP contribution in [0.3, 0.4) is 0 Å². The first-order valence-corrected chi connectivity index (χ1v) is 9.84. The average molecular weight is 414 g/mol. The maximum atomic E-state index is 13.0. The third-order valence-electron chi connectivity index (χ3n) is 4.70. The van der Waals surface area contributed by atoms with Gasteiger partial charge in [0, 0.05) is 37.3 Å². The zero-order valence-corrected chi connectivity index (χ0v) is 17.2. The second-order valence-corrected chi connectivity index (χ2v) is 7.86. The van der Waals surface area contributed by atoms with E-state index in [1.165, 1.54) is 6.20 Å². The Kier molecular flexibility index (Phi) is 6.49. The van der Waals surface area contributed by atoms with E-state index >= 15 is 0 Å². The molecule has 0 aliphatic carbocycles. The smallest absolute Gasteiger partial charge is 0.253 e. The van der Waals surface area contributed by atoms with E-state index in [9.17, 15) is 9.59 Å². The van der Waals surface area contributed by atoms with Crippen molar-refractivity contribution in [3.8, 4) is 0 Å². The van der Waals surface area contributed by atoms with Crippen LogP contribution in [-0.2, 0) is 11.3 Å². The zero-order valence-electron chi connectivity index (χ0n) is 16.4. The lowest BCUT2D eigenvalue weighted by Gasteiger charge is -2.19. The molecule has 1 atom stereocenters. The van der Waals surface area contributed by atoms with Gasteiger partial charge >= 0.3 is 0 Å². The van der Waals surface area contributed by atoms with E-state index in [-0.39, 0.29) is 18.4 Å². The Labute approximate surface area is 174 Å². The predicted octanol–water partition coefficient (Wildman–Crippen LogP) is 3.13. The van der Waals surface area contributed by atoms with Crippen molar-refractivity contribution < 1.29 is 9.59 Å². The molecule has 3 aromatic rings. The maximum Gasteiger partial charge on any atom is 0.253 e. The van der Waals surface area contributed by atoms with Crippen LogP contribution in [0, 0.1) is 5.92 Å². The fourth-order valence-corrected chi connectivity index (χ4v) is 3.71. The summed E-state index contributed by atoms with van der Waals surface area (Å²) < 4.78 is 1.55. The number of primary amides is 1. The molecule has 0 aliphatic rings. The second-order valence-electron chi connectivity index (χ2n) is 7.45. The van der Waals surface area contributed by atoms with Crippen LogP contribution in [-0.4, -0.2) is 32.9 Å². The minimum atomic E-state index is -0.524. The summed E-state index contributed by atoms with van der Waals surface area (Å²) in [5.74, 6) is -0.191. The lowest BCUT2D eigenvalue weighted by Crippen LogP contribution is -2.29. The van der Waals surface area contributed by atoms with Crippen molar-refractivity contribution in [2.24, 2.45) is 11.7 Å². The normalized spacial score (nSPS) is 12.3. The minimum absolute atomic E-state index is 0.0806. The fraction of sp³-hybridized carbons (Fsp3) is 0.333. The molecule has 0 bridgehead atoms. The number of halogens is 1. The van der Waals surface area contributed by atoms with Crippen molar-refractivity contribution in [3.05, 3.63) is 59.1 Å². The Morgan fingerprint density at radius 3 is 2.72 bits per heavy atom. The number of carbonyl (C=O) groups excluding carboxylic acids is 2. The second kappa shape index (κ2) is 9.05. The molecule has 0 radical (unpaired) electrons. The van der Waals surface area contributed by atoms with Gasteiger partial charge in [0.2, 0.25) is 5.91 Å². The van der Waals surface area contributed by atoms with Crippen LogP contribution in [0.2, 0.25) is 5.02 Å². The minimum Gasteiger partial charge on any atom is -0.368 e. The number of fused-ring (bicyclic) bond motifs is 1. The van der Waals surface area contributed by atoms with Gasteiger partial charge in [-0.3, -0.25) is 14.6 Å². The molecule has 1 unspecified atom stereocenters. The number of rotatable bonds is 8. The van der Waals surface area contributed by atoms with Gasteiger partial charge in [0.15, 0.2) is 0 Å². The fourth-order valence-electron chi connectivity index (χ4n) is 3.47. The monoisotopic (exact) mass is 413 g/mol. The van der Waals surface area contributed by atoms with Gasteiger partial charge in [-0.1, -0.05) is 31.5 Å². The van der Waals surface area contributed by atoms with Crippen molar-refractivity contribution >= 4 is 34.4 Å². The summed E-state index contributed by atoms with van der Waals surface area (Å²) in [5, 5.41) is 3.91. The van der Waals surface area contributed by atoms with Crippen molar-refractivity contribution in [2.45, 2.75) is 32.7 Å². The van der Waals surface area contributed by atoms with E-state index in [0.717, 1.165) is 12.0 Å². The molecular weight excluding hydrogens is 390 g/mol. The number of aromatic nitrogens is 3. The highest BCUT2D eigenvalue weighted by Crippen LogP contribution is 2.28. The highest BCUT2D eigenvalue weighted by molar-refractivity contribution is 6.36. The van der Waals surface area contributed by atoms with Crippen molar-refractivity contribution in [1.29, 1.82) is 0 Å². The standard InChI is InChI=1S/C21H24ClN5O2/c1-13(2)8-15(14-4-3-6-24-9-14)10-26-21(29)16-11-27(12-18(23)28)20-19(16)17(22)5-7-25-20/h3-7,9,11,13,15H,8,10,12H2,1-2H3,(H2,23,28)(H,26,29). The Morgan fingerprint density at radius 1 is 1.28 bits per heavy atom. The zero-order chi connectivity index (χ0) is 21.0. The van der Waals surface area contributed by atoms with Gasteiger partial charge in [0.05, 0.1) is 16.0 Å². The molecule has 3 rings (SSSR count). The Balaban J connectivity index is 1.86. The highest BCUT2D eigenvalue weighted by Gasteiger charge is 2.21. The van der Waals surface area contributed by atoms with Crippen LogP contribution in [0.15, 0.2) is 43.0 Å².